The van der Waals surface area contributed by atoms with Crippen LogP contribution >= 0.6 is 0 Å². The summed E-state index contributed by atoms with van der Waals surface area (Å²) in [6.45, 7) is 10.9. The molecule has 2 nitrogen and oxygen atoms in total. The van der Waals surface area contributed by atoms with E-state index in [-0.39, 0.29) is 0 Å². The maximum Gasteiger partial charge on any atom is 0.0303 e. The monoisotopic (exact) mass is 238 g/mol. The summed E-state index contributed by atoms with van der Waals surface area (Å²) in [6.07, 6.45) is 8.29. The molecule has 0 amide bonds. The van der Waals surface area contributed by atoms with Crippen molar-refractivity contribution in [1.82, 2.24) is 10.2 Å². The normalized spacial score (nSPS) is 35.1. The molecule has 2 fully saturated rings. The van der Waals surface area contributed by atoms with Crippen molar-refractivity contribution in [1.29, 1.82) is 0 Å². The van der Waals surface area contributed by atoms with Gasteiger partial charge >= 0.3 is 0 Å². The second-order valence-electron chi connectivity index (χ2n) is 6.33. The molecule has 2 aliphatic rings. The Bertz CT molecular complexity index is 237. The highest BCUT2D eigenvalue weighted by Gasteiger charge is 2.41. The molecule has 1 saturated heterocycles. The largest absolute Gasteiger partial charge is 0.311 e. The van der Waals surface area contributed by atoms with Crippen LogP contribution in [-0.4, -0.2) is 36.1 Å². The van der Waals surface area contributed by atoms with Gasteiger partial charge in [-0.1, -0.05) is 26.7 Å². The minimum atomic E-state index is 0.402. The Balaban J connectivity index is 1.89. The Kier molecular flexibility index (Phi) is 4.48. The summed E-state index contributed by atoms with van der Waals surface area (Å²) < 4.78 is 0. The van der Waals surface area contributed by atoms with E-state index in [9.17, 15) is 0 Å². The second kappa shape index (κ2) is 5.71. The van der Waals surface area contributed by atoms with Gasteiger partial charge in [0.1, 0.15) is 0 Å². The summed E-state index contributed by atoms with van der Waals surface area (Å²) in [4.78, 5) is 2.78. The van der Waals surface area contributed by atoms with E-state index in [1.807, 2.05) is 0 Å². The van der Waals surface area contributed by atoms with Crippen molar-refractivity contribution in [2.45, 2.75) is 70.9 Å². The van der Waals surface area contributed by atoms with Gasteiger partial charge in [-0.15, -0.1) is 0 Å². The number of hydrogen-bond acceptors (Lipinski definition) is 2. The minimum absolute atomic E-state index is 0.402. The molecule has 0 bridgehead atoms. The van der Waals surface area contributed by atoms with Gasteiger partial charge in [0.2, 0.25) is 0 Å². The van der Waals surface area contributed by atoms with E-state index in [0.717, 1.165) is 12.0 Å². The zero-order valence-corrected chi connectivity index (χ0v) is 12.0. The van der Waals surface area contributed by atoms with E-state index in [4.69, 9.17) is 0 Å². The van der Waals surface area contributed by atoms with Crippen LogP contribution in [0, 0.1) is 5.92 Å². The van der Waals surface area contributed by atoms with Gasteiger partial charge in [-0.05, 0) is 45.1 Å². The lowest BCUT2D eigenvalue weighted by Crippen LogP contribution is -2.63. The highest BCUT2D eigenvalue weighted by Crippen LogP contribution is 2.36. The van der Waals surface area contributed by atoms with Gasteiger partial charge in [0.15, 0.2) is 0 Å². The van der Waals surface area contributed by atoms with E-state index in [1.54, 1.807) is 0 Å². The second-order valence-corrected chi connectivity index (χ2v) is 6.33. The Labute approximate surface area is 107 Å². The molecule has 0 aromatic rings. The van der Waals surface area contributed by atoms with Gasteiger partial charge < -0.3 is 5.32 Å². The van der Waals surface area contributed by atoms with Crippen LogP contribution in [0.15, 0.2) is 0 Å². The van der Waals surface area contributed by atoms with E-state index in [2.05, 4.69) is 31.0 Å². The fraction of sp³-hybridized carbons (Fsp3) is 1.00. The van der Waals surface area contributed by atoms with Crippen molar-refractivity contribution >= 4 is 0 Å². The van der Waals surface area contributed by atoms with Crippen LogP contribution in [0.1, 0.15) is 59.3 Å². The van der Waals surface area contributed by atoms with Gasteiger partial charge in [0, 0.05) is 24.7 Å². The molecule has 1 aliphatic heterocycles. The Morgan fingerprint density at radius 1 is 1.24 bits per heavy atom. The molecule has 2 atom stereocenters. The van der Waals surface area contributed by atoms with E-state index >= 15 is 0 Å². The average molecular weight is 238 g/mol. The lowest BCUT2D eigenvalue weighted by Gasteiger charge is -2.48. The zero-order chi connectivity index (χ0) is 12.3. The first-order chi connectivity index (χ1) is 8.19. The summed E-state index contributed by atoms with van der Waals surface area (Å²) >= 11 is 0. The fourth-order valence-electron chi connectivity index (χ4n) is 3.06. The first kappa shape index (κ1) is 13.4. The van der Waals surface area contributed by atoms with Crippen molar-refractivity contribution in [3.63, 3.8) is 0 Å². The summed E-state index contributed by atoms with van der Waals surface area (Å²) in [5, 5.41) is 3.80. The number of nitrogens with one attached hydrogen (secondary N) is 1. The number of unbranched alkanes of at least 4 members (excludes halogenated alkanes) is 2. The van der Waals surface area contributed by atoms with Crippen molar-refractivity contribution in [2.24, 2.45) is 5.92 Å². The standard InChI is InChI=1S/C15H30N2/c1-4-6-7-10-17-11-14(13-8-9-13)16-12-15(17,3)5-2/h13-14,16H,4-12H2,1-3H3. The molecule has 1 N–H and O–H groups in total. The summed E-state index contributed by atoms with van der Waals surface area (Å²) in [5.74, 6) is 0.991. The van der Waals surface area contributed by atoms with Crippen LogP contribution in [0.25, 0.3) is 0 Å². The molecule has 1 saturated carbocycles. The zero-order valence-electron chi connectivity index (χ0n) is 12.0. The van der Waals surface area contributed by atoms with Crippen LogP contribution in [0.2, 0.25) is 0 Å². The molecule has 0 spiro atoms. The summed E-state index contributed by atoms with van der Waals surface area (Å²) in [5.41, 5.74) is 0.402. The first-order valence-electron chi connectivity index (χ1n) is 7.68. The van der Waals surface area contributed by atoms with Crippen LogP contribution in [-0.2, 0) is 0 Å². The van der Waals surface area contributed by atoms with Crippen LogP contribution in [0.3, 0.4) is 0 Å². The quantitative estimate of drug-likeness (QED) is 0.716. The number of rotatable bonds is 6. The van der Waals surface area contributed by atoms with Crippen molar-refractivity contribution in [2.75, 3.05) is 19.6 Å². The van der Waals surface area contributed by atoms with Crippen molar-refractivity contribution in [3.05, 3.63) is 0 Å². The van der Waals surface area contributed by atoms with E-state index in [0.29, 0.717) is 5.54 Å². The Hall–Kier alpha value is -0.0800. The molecule has 0 aromatic carbocycles. The topological polar surface area (TPSA) is 15.3 Å². The van der Waals surface area contributed by atoms with Crippen LogP contribution in [0.5, 0.6) is 0 Å². The van der Waals surface area contributed by atoms with Crippen molar-refractivity contribution < 1.29 is 0 Å². The predicted octanol–water partition coefficient (Wildman–Crippen LogP) is 3.03. The lowest BCUT2D eigenvalue weighted by molar-refractivity contribution is 0.0427. The third kappa shape index (κ3) is 3.23. The molecule has 17 heavy (non-hydrogen) atoms. The SMILES string of the molecule is CCCCCN1CC(C2CC2)NCC1(C)CC. The molecular formula is C15H30N2. The molecule has 0 radical (unpaired) electrons. The minimum Gasteiger partial charge on any atom is -0.311 e. The van der Waals surface area contributed by atoms with Gasteiger partial charge in [0.25, 0.3) is 0 Å². The van der Waals surface area contributed by atoms with Crippen molar-refractivity contribution in [3.8, 4) is 0 Å². The number of hydrogen-bond donors (Lipinski definition) is 1. The van der Waals surface area contributed by atoms with Gasteiger partial charge in [-0.3, -0.25) is 4.90 Å². The average Bonchev–Trinajstić information content (AvgIpc) is 3.16. The number of nitrogens with zero attached hydrogens (tertiary/aromatic N) is 1. The third-order valence-electron chi connectivity index (χ3n) is 4.91. The molecule has 2 unspecified atom stereocenters. The van der Waals surface area contributed by atoms with Gasteiger partial charge in [-0.25, -0.2) is 0 Å². The molecule has 2 rings (SSSR count). The fourth-order valence-corrected chi connectivity index (χ4v) is 3.06. The molecule has 1 aliphatic carbocycles. The predicted molar refractivity (Wildman–Crippen MR) is 74.3 cm³/mol. The van der Waals surface area contributed by atoms with E-state index in [1.165, 1.54) is 58.2 Å². The van der Waals surface area contributed by atoms with Gasteiger partial charge in [0.05, 0.1) is 0 Å². The molecule has 0 aromatic heterocycles. The molecule has 1 heterocycles. The molecule has 2 heteroatoms. The lowest BCUT2D eigenvalue weighted by atomic mass is 9.90. The van der Waals surface area contributed by atoms with Crippen LogP contribution in [0.4, 0.5) is 0 Å². The summed E-state index contributed by atoms with van der Waals surface area (Å²) in [6, 6.07) is 0.788. The highest BCUT2D eigenvalue weighted by molar-refractivity contribution is 4.99. The number of piperazine rings is 1. The van der Waals surface area contributed by atoms with Crippen LogP contribution < -0.4 is 5.32 Å². The highest BCUT2D eigenvalue weighted by atomic mass is 15.3. The van der Waals surface area contributed by atoms with E-state index < -0.39 is 0 Å². The first-order valence-corrected chi connectivity index (χ1v) is 7.68. The third-order valence-corrected chi connectivity index (χ3v) is 4.91. The Morgan fingerprint density at radius 3 is 2.59 bits per heavy atom. The Morgan fingerprint density at radius 2 is 2.00 bits per heavy atom. The maximum atomic E-state index is 3.80. The molecule has 100 valence electrons. The molecular weight excluding hydrogens is 208 g/mol. The van der Waals surface area contributed by atoms with Gasteiger partial charge in [-0.2, -0.15) is 0 Å². The maximum absolute atomic E-state index is 3.80. The smallest absolute Gasteiger partial charge is 0.0303 e. The summed E-state index contributed by atoms with van der Waals surface area (Å²) in [7, 11) is 0.